The van der Waals surface area contributed by atoms with E-state index in [0.29, 0.717) is 6.61 Å². The van der Waals surface area contributed by atoms with Crippen LogP contribution in [0, 0.1) is 12.8 Å². The van der Waals surface area contributed by atoms with Gasteiger partial charge in [-0.25, -0.2) is 0 Å². The quantitative estimate of drug-likeness (QED) is 0.838. The van der Waals surface area contributed by atoms with Crippen LogP contribution in [0.3, 0.4) is 0 Å². The van der Waals surface area contributed by atoms with E-state index in [4.69, 9.17) is 4.74 Å². The molecule has 0 bridgehead atoms. The van der Waals surface area contributed by atoms with Crippen LogP contribution in [0.5, 0.6) is 5.75 Å². The molecule has 0 heterocycles. The average Bonchev–Trinajstić information content (AvgIpc) is 2.53. The molecule has 110 valence electrons. The highest BCUT2D eigenvalue weighted by molar-refractivity contribution is 5.94. The van der Waals surface area contributed by atoms with E-state index in [1.165, 1.54) is 0 Å². The predicted molar refractivity (Wildman–Crippen MR) is 85.7 cm³/mol. The summed E-state index contributed by atoms with van der Waals surface area (Å²) < 4.78 is 5.76. The molecule has 21 heavy (non-hydrogen) atoms. The molecule has 3 heteroatoms. The van der Waals surface area contributed by atoms with Gasteiger partial charge in [0.05, 0.1) is 12.5 Å². The second-order valence-corrected chi connectivity index (χ2v) is 5.21. The lowest BCUT2D eigenvalue weighted by Crippen LogP contribution is -2.34. The first-order chi connectivity index (χ1) is 10.1. The molecule has 2 aromatic rings. The topological polar surface area (TPSA) is 29.5 Å². The Kier molecular flexibility index (Phi) is 4.99. The minimum Gasteiger partial charge on any atom is -0.493 e. The van der Waals surface area contributed by atoms with Crippen LogP contribution in [-0.2, 0) is 4.79 Å². The summed E-state index contributed by atoms with van der Waals surface area (Å²) in [5.41, 5.74) is 1.97. The number of aryl methyl sites for hydroxylation is 1. The second-order valence-electron chi connectivity index (χ2n) is 5.21. The third kappa shape index (κ3) is 3.85. The molecule has 1 atom stereocenters. The normalized spacial score (nSPS) is 11.8. The maximum absolute atomic E-state index is 12.4. The van der Waals surface area contributed by atoms with Gasteiger partial charge in [-0.3, -0.25) is 4.79 Å². The van der Waals surface area contributed by atoms with Crippen LogP contribution in [0.1, 0.15) is 12.5 Å². The molecule has 3 nitrogen and oxygen atoms in total. The largest absolute Gasteiger partial charge is 0.493 e. The zero-order chi connectivity index (χ0) is 15.2. The number of hydrogen-bond acceptors (Lipinski definition) is 2. The number of rotatable bonds is 5. The van der Waals surface area contributed by atoms with Gasteiger partial charge >= 0.3 is 0 Å². The summed E-state index contributed by atoms with van der Waals surface area (Å²) in [7, 11) is 1.79. The highest BCUT2D eigenvalue weighted by atomic mass is 16.5. The lowest BCUT2D eigenvalue weighted by molar-refractivity contribution is -0.122. The zero-order valence-electron chi connectivity index (χ0n) is 12.7. The van der Waals surface area contributed by atoms with Gasteiger partial charge in [0.15, 0.2) is 0 Å². The molecule has 0 aliphatic heterocycles. The highest BCUT2D eigenvalue weighted by Crippen LogP contribution is 2.18. The van der Waals surface area contributed by atoms with Crippen LogP contribution in [0.4, 0.5) is 5.69 Å². The summed E-state index contributed by atoms with van der Waals surface area (Å²) in [6.07, 6.45) is 0. The lowest BCUT2D eigenvalue weighted by atomic mass is 10.1. The molecular weight excluding hydrogens is 262 g/mol. The first-order valence-electron chi connectivity index (χ1n) is 7.10. The van der Waals surface area contributed by atoms with Crippen molar-refractivity contribution in [3.05, 3.63) is 60.2 Å². The van der Waals surface area contributed by atoms with Crippen LogP contribution >= 0.6 is 0 Å². The number of carbonyl (C=O) groups excluding carboxylic acids is 1. The maximum atomic E-state index is 12.4. The van der Waals surface area contributed by atoms with E-state index in [1.54, 1.807) is 11.9 Å². The van der Waals surface area contributed by atoms with Gasteiger partial charge in [-0.05, 0) is 30.7 Å². The Morgan fingerprint density at radius 2 is 1.71 bits per heavy atom. The van der Waals surface area contributed by atoms with Gasteiger partial charge in [-0.2, -0.15) is 0 Å². The van der Waals surface area contributed by atoms with Crippen molar-refractivity contribution in [2.45, 2.75) is 13.8 Å². The molecule has 1 unspecified atom stereocenters. The number of carbonyl (C=O) groups is 1. The summed E-state index contributed by atoms with van der Waals surface area (Å²) in [5.74, 6) is 0.684. The molecule has 0 saturated carbocycles. The first-order valence-corrected chi connectivity index (χ1v) is 7.10. The molecule has 0 N–H and O–H groups in total. The summed E-state index contributed by atoms with van der Waals surface area (Å²) in [5, 5.41) is 0. The average molecular weight is 283 g/mol. The van der Waals surface area contributed by atoms with Gasteiger partial charge in [0, 0.05) is 12.7 Å². The second kappa shape index (κ2) is 6.93. The molecule has 1 amide bonds. The Bertz CT molecular complexity index is 595. The smallest absolute Gasteiger partial charge is 0.232 e. The summed E-state index contributed by atoms with van der Waals surface area (Å²) in [6, 6.07) is 17.5. The number of hydrogen-bond donors (Lipinski definition) is 0. The van der Waals surface area contributed by atoms with Gasteiger partial charge in [0.1, 0.15) is 5.75 Å². The molecule has 0 aliphatic rings. The molecular formula is C18H21NO2. The summed E-state index contributed by atoms with van der Waals surface area (Å²) in [4.78, 5) is 14.1. The zero-order valence-corrected chi connectivity index (χ0v) is 12.7. The Morgan fingerprint density at radius 3 is 2.38 bits per heavy atom. The van der Waals surface area contributed by atoms with E-state index >= 15 is 0 Å². The molecule has 0 aromatic heterocycles. The molecule has 2 aromatic carbocycles. The van der Waals surface area contributed by atoms with Crippen molar-refractivity contribution in [2.24, 2.45) is 5.92 Å². The van der Waals surface area contributed by atoms with E-state index in [0.717, 1.165) is 17.0 Å². The van der Waals surface area contributed by atoms with Crippen LogP contribution in [0.2, 0.25) is 0 Å². The van der Waals surface area contributed by atoms with Gasteiger partial charge < -0.3 is 9.64 Å². The number of anilines is 1. The number of nitrogens with zero attached hydrogens (tertiary/aromatic N) is 1. The van der Waals surface area contributed by atoms with Crippen LogP contribution in [0.25, 0.3) is 0 Å². The van der Waals surface area contributed by atoms with Crippen molar-refractivity contribution in [3.63, 3.8) is 0 Å². The number of benzene rings is 2. The first kappa shape index (κ1) is 15.1. The SMILES string of the molecule is Cc1ccccc1OCC(C)C(=O)N(C)c1ccccc1. The van der Waals surface area contributed by atoms with Crippen molar-refractivity contribution in [3.8, 4) is 5.75 Å². The molecule has 2 rings (SSSR count). The van der Waals surface area contributed by atoms with Gasteiger partial charge in [0.25, 0.3) is 0 Å². The van der Waals surface area contributed by atoms with Gasteiger partial charge in [-0.1, -0.05) is 43.3 Å². The van der Waals surface area contributed by atoms with E-state index in [2.05, 4.69) is 0 Å². The van der Waals surface area contributed by atoms with E-state index < -0.39 is 0 Å². The minimum atomic E-state index is -0.199. The van der Waals surface area contributed by atoms with Crippen LogP contribution in [-0.4, -0.2) is 19.6 Å². The lowest BCUT2D eigenvalue weighted by Gasteiger charge is -2.22. The van der Waals surface area contributed by atoms with Gasteiger partial charge in [0.2, 0.25) is 5.91 Å². The standard InChI is InChI=1S/C18H21NO2/c1-14-9-7-8-12-17(14)21-13-15(2)18(20)19(3)16-10-5-4-6-11-16/h4-12,15H,13H2,1-3H3. The van der Waals surface area contributed by atoms with E-state index in [9.17, 15) is 4.79 Å². The number of para-hydroxylation sites is 2. The van der Waals surface area contributed by atoms with E-state index in [1.807, 2.05) is 68.4 Å². The maximum Gasteiger partial charge on any atom is 0.232 e. The molecule has 0 radical (unpaired) electrons. The van der Waals surface area contributed by atoms with E-state index in [-0.39, 0.29) is 11.8 Å². The predicted octanol–water partition coefficient (Wildman–Crippen LogP) is 3.67. The van der Waals surface area contributed by atoms with Crippen molar-refractivity contribution in [2.75, 3.05) is 18.6 Å². The minimum absolute atomic E-state index is 0.0507. The van der Waals surface area contributed by atoms with Crippen molar-refractivity contribution < 1.29 is 9.53 Å². The number of amides is 1. The molecule has 0 fully saturated rings. The molecule has 0 aliphatic carbocycles. The van der Waals surface area contributed by atoms with Crippen molar-refractivity contribution in [1.82, 2.24) is 0 Å². The van der Waals surface area contributed by atoms with Crippen molar-refractivity contribution in [1.29, 1.82) is 0 Å². The molecule has 0 saturated heterocycles. The van der Waals surface area contributed by atoms with Crippen LogP contribution < -0.4 is 9.64 Å². The highest BCUT2D eigenvalue weighted by Gasteiger charge is 2.19. The fraction of sp³-hybridized carbons (Fsp3) is 0.278. The fourth-order valence-corrected chi connectivity index (χ4v) is 2.11. The van der Waals surface area contributed by atoms with Crippen molar-refractivity contribution >= 4 is 11.6 Å². The Balaban J connectivity index is 1.95. The third-order valence-electron chi connectivity index (χ3n) is 3.48. The monoisotopic (exact) mass is 283 g/mol. The Hall–Kier alpha value is -2.29. The number of ether oxygens (including phenoxy) is 1. The summed E-state index contributed by atoms with van der Waals surface area (Å²) >= 11 is 0. The Morgan fingerprint density at radius 1 is 1.10 bits per heavy atom. The molecule has 0 spiro atoms. The third-order valence-corrected chi connectivity index (χ3v) is 3.48. The summed E-state index contributed by atoms with van der Waals surface area (Å²) in [6.45, 7) is 4.26. The van der Waals surface area contributed by atoms with Crippen LogP contribution in [0.15, 0.2) is 54.6 Å². The Labute approximate surface area is 126 Å². The fourth-order valence-electron chi connectivity index (χ4n) is 2.11. The van der Waals surface area contributed by atoms with Gasteiger partial charge in [-0.15, -0.1) is 0 Å².